The molecule has 0 aromatic carbocycles. The maximum Gasteiger partial charge on any atom is 0.161 e. The molecule has 2 aromatic rings. The maximum atomic E-state index is 4.38. The highest BCUT2D eigenvalue weighted by Crippen LogP contribution is 2.23. The van der Waals surface area contributed by atoms with E-state index in [0.717, 1.165) is 17.9 Å². The average Bonchev–Trinajstić information content (AvgIpc) is 2.97. The van der Waals surface area contributed by atoms with Crippen molar-refractivity contribution in [3.63, 3.8) is 0 Å². The number of fused-ring (bicyclic) bond motifs is 1. The fourth-order valence-corrected chi connectivity index (χ4v) is 3.15. The van der Waals surface area contributed by atoms with Gasteiger partial charge in [0.25, 0.3) is 0 Å². The molecule has 102 valence electrons. The maximum absolute atomic E-state index is 4.38. The van der Waals surface area contributed by atoms with Gasteiger partial charge in [0.05, 0.1) is 0 Å². The van der Waals surface area contributed by atoms with Crippen LogP contribution in [0.15, 0.2) is 18.3 Å². The Hall–Kier alpha value is -1.42. The standard InChI is InChI=1S/C15H22N4/c1-11(2)18-7-4-5-13(18)10-15-17-16-14-9-12(3)6-8-19(14)15/h6,8-9,11,13H,4-5,7,10H2,1-3H3. The molecule has 0 spiro atoms. The van der Waals surface area contributed by atoms with E-state index in [4.69, 9.17) is 0 Å². The van der Waals surface area contributed by atoms with Crippen molar-refractivity contribution in [1.82, 2.24) is 19.5 Å². The lowest BCUT2D eigenvalue weighted by molar-refractivity contribution is 0.200. The summed E-state index contributed by atoms with van der Waals surface area (Å²) in [6, 6.07) is 5.45. The fraction of sp³-hybridized carbons (Fsp3) is 0.600. The minimum Gasteiger partial charge on any atom is -0.298 e. The van der Waals surface area contributed by atoms with Crippen LogP contribution in [0.5, 0.6) is 0 Å². The number of likely N-dealkylation sites (tertiary alicyclic amines) is 1. The van der Waals surface area contributed by atoms with Crippen molar-refractivity contribution >= 4 is 5.65 Å². The van der Waals surface area contributed by atoms with E-state index in [-0.39, 0.29) is 0 Å². The molecule has 2 aromatic heterocycles. The molecule has 19 heavy (non-hydrogen) atoms. The highest BCUT2D eigenvalue weighted by molar-refractivity contribution is 5.40. The van der Waals surface area contributed by atoms with E-state index in [2.05, 4.69) is 58.6 Å². The van der Waals surface area contributed by atoms with Crippen LogP contribution in [-0.4, -0.2) is 38.1 Å². The zero-order chi connectivity index (χ0) is 13.4. The Morgan fingerprint density at radius 2 is 2.21 bits per heavy atom. The zero-order valence-electron chi connectivity index (χ0n) is 12.0. The summed E-state index contributed by atoms with van der Waals surface area (Å²) in [5.41, 5.74) is 2.19. The Balaban J connectivity index is 1.85. The molecular weight excluding hydrogens is 236 g/mol. The van der Waals surface area contributed by atoms with Gasteiger partial charge in [0, 0.05) is 24.7 Å². The Morgan fingerprint density at radius 1 is 1.37 bits per heavy atom. The lowest BCUT2D eigenvalue weighted by Gasteiger charge is -2.27. The molecule has 1 aliphatic rings. The predicted molar refractivity (Wildman–Crippen MR) is 76.3 cm³/mol. The largest absolute Gasteiger partial charge is 0.298 e. The molecule has 0 bridgehead atoms. The van der Waals surface area contributed by atoms with Gasteiger partial charge in [0.1, 0.15) is 5.82 Å². The molecule has 1 atom stereocenters. The highest BCUT2D eigenvalue weighted by atomic mass is 15.3. The molecule has 1 unspecified atom stereocenters. The summed E-state index contributed by atoms with van der Waals surface area (Å²) >= 11 is 0. The molecule has 0 radical (unpaired) electrons. The van der Waals surface area contributed by atoms with E-state index < -0.39 is 0 Å². The third-order valence-corrected chi connectivity index (χ3v) is 4.14. The lowest BCUT2D eigenvalue weighted by Crippen LogP contribution is -2.37. The first-order chi connectivity index (χ1) is 9.15. The van der Waals surface area contributed by atoms with Gasteiger partial charge in [-0.2, -0.15) is 0 Å². The molecule has 1 saturated heterocycles. The van der Waals surface area contributed by atoms with Gasteiger partial charge >= 0.3 is 0 Å². The van der Waals surface area contributed by atoms with Crippen LogP contribution in [0.3, 0.4) is 0 Å². The van der Waals surface area contributed by atoms with Crippen molar-refractivity contribution in [3.05, 3.63) is 29.7 Å². The van der Waals surface area contributed by atoms with Gasteiger partial charge in [0.2, 0.25) is 0 Å². The van der Waals surface area contributed by atoms with Crippen molar-refractivity contribution in [3.8, 4) is 0 Å². The van der Waals surface area contributed by atoms with Gasteiger partial charge in [0.15, 0.2) is 5.65 Å². The van der Waals surface area contributed by atoms with Crippen LogP contribution in [0.4, 0.5) is 0 Å². The van der Waals surface area contributed by atoms with E-state index >= 15 is 0 Å². The molecule has 3 heterocycles. The second kappa shape index (κ2) is 4.93. The molecule has 0 amide bonds. The first-order valence-electron chi connectivity index (χ1n) is 7.21. The Bertz CT molecular complexity index is 573. The summed E-state index contributed by atoms with van der Waals surface area (Å²) in [6.07, 6.45) is 5.68. The second-order valence-corrected chi connectivity index (χ2v) is 5.88. The van der Waals surface area contributed by atoms with Crippen LogP contribution < -0.4 is 0 Å². The normalized spacial score (nSPS) is 20.7. The first-order valence-corrected chi connectivity index (χ1v) is 7.21. The van der Waals surface area contributed by atoms with Crippen LogP contribution in [0.2, 0.25) is 0 Å². The smallest absolute Gasteiger partial charge is 0.161 e. The summed E-state index contributed by atoms with van der Waals surface area (Å²) in [4.78, 5) is 2.59. The number of aryl methyl sites for hydroxylation is 1. The van der Waals surface area contributed by atoms with Gasteiger partial charge in [-0.15, -0.1) is 10.2 Å². The fourth-order valence-electron chi connectivity index (χ4n) is 3.15. The highest BCUT2D eigenvalue weighted by Gasteiger charge is 2.27. The summed E-state index contributed by atoms with van der Waals surface area (Å²) in [7, 11) is 0. The minimum absolute atomic E-state index is 0.619. The lowest BCUT2D eigenvalue weighted by atomic mass is 10.1. The van der Waals surface area contributed by atoms with Crippen molar-refractivity contribution in [2.75, 3.05) is 6.54 Å². The predicted octanol–water partition coefficient (Wildman–Crippen LogP) is 2.45. The summed E-state index contributed by atoms with van der Waals surface area (Å²) in [6.45, 7) is 7.87. The molecule has 3 rings (SSSR count). The van der Waals surface area contributed by atoms with Gasteiger partial charge in [-0.3, -0.25) is 9.30 Å². The SMILES string of the molecule is Cc1ccn2c(CC3CCCN3C(C)C)nnc2c1. The molecule has 0 aliphatic carbocycles. The first kappa shape index (κ1) is 12.6. The van der Waals surface area contributed by atoms with E-state index in [0.29, 0.717) is 12.1 Å². The number of nitrogens with zero attached hydrogens (tertiary/aromatic N) is 4. The molecule has 4 nitrogen and oxygen atoms in total. The molecule has 4 heteroatoms. The van der Waals surface area contributed by atoms with Crippen LogP contribution in [0, 0.1) is 6.92 Å². The Labute approximate surface area is 114 Å². The van der Waals surface area contributed by atoms with Gasteiger partial charge in [-0.1, -0.05) is 0 Å². The van der Waals surface area contributed by atoms with E-state index in [1.165, 1.54) is 24.9 Å². The number of rotatable bonds is 3. The number of pyridine rings is 1. The number of aromatic nitrogens is 3. The molecular formula is C15H22N4. The van der Waals surface area contributed by atoms with Crippen molar-refractivity contribution in [1.29, 1.82) is 0 Å². The molecule has 0 N–H and O–H groups in total. The van der Waals surface area contributed by atoms with E-state index in [1.54, 1.807) is 0 Å². The topological polar surface area (TPSA) is 33.4 Å². The quantitative estimate of drug-likeness (QED) is 0.848. The van der Waals surface area contributed by atoms with E-state index in [1.807, 2.05) is 0 Å². The Morgan fingerprint density at radius 3 is 3.00 bits per heavy atom. The molecule has 1 fully saturated rings. The monoisotopic (exact) mass is 258 g/mol. The van der Waals surface area contributed by atoms with Crippen LogP contribution in [-0.2, 0) is 6.42 Å². The van der Waals surface area contributed by atoms with Crippen molar-refractivity contribution in [2.24, 2.45) is 0 Å². The van der Waals surface area contributed by atoms with Gasteiger partial charge < -0.3 is 0 Å². The van der Waals surface area contributed by atoms with Gasteiger partial charge in [-0.25, -0.2) is 0 Å². The number of hydrogen-bond donors (Lipinski definition) is 0. The Kier molecular flexibility index (Phi) is 3.27. The summed E-state index contributed by atoms with van der Waals surface area (Å²) < 4.78 is 2.13. The summed E-state index contributed by atoms with van der Waals surface area (Å²) in [5, 5.41) is 8.67. The minimum atomic E-state index is 0.619. The van der Waals surface area contributed by atoms with E-state index in [9.17, 15) is 0 Å². The summed E-state index contributed by atoms with van der Waals surface area (Å²) in [5.74, 6) is 1.09. The number of hydrogen-bond acceptors (Lipinski definition) is 3. The molecule has 1 aliphatic heterocycles. The van der Waals surface area contributed by atoms with Crippen molar-refractivity contribution in [2.45, 2.75) is 52.1 Å². The van der Waals surface area contributed by atoms with Crippen molar-refractivity contribution < 1.29 is 0 Å². The van der Waals surface area contributed by atoms with Crippen LogP contribution in [0.25, 0.3) is 5.65 Å². The zero-order valence-corrected chi connectivity index (χ0v) is 12.0. The third-order valence-electron chi connectivity index (χ3n) is 4.14. The van der Waals surface area contributed by atoms with Gasteiger partial charge in [-0.05, 0) is 57.9 Å². The second-order valence-electron chi connectivity index (χ2n) is 5.88. The van der Waals surface area contributed by atoms with Crippen LogP contribution >= 0.6 is 0 Å². The van der Waals surface area contributed by atoms with Crippen LogP contribution in [0.1, 0.15) is 38.1 Å². The average molecular weight is 258 g/mol. The third kappa shape index (κ3) is 2.37. The molecule has 0 saturated carbocycles.